The van der Waals surface area contributed by atoms with Crippen LogP contribution in [0.5, 0.6) is 0 Å². The summed E-state index contributed by atoms with van der Waals surface area (Å²) in [6, 6.07) is 6.85. The van der Waals surface area contributed by atoms with Crippen LogP contribution >= 0.6 is 11.6 Å². The second-order valence-corrected chi connectivity index (χ2v) is 6.43. The largest absolute Gasteiger partial charge is 0.477 e. The summed E-state index contributed by atoms with van der Waals surface area (Å²) in [4.78, 5) is 27.6. The van der Waals surface area contributed by atoms with Crippen LogP contribution in [-0.2, 0) is 11.3 Å². The van der Waals surface area contributed by atoms with Crippen LogP contribution in [0.1, 0.15) is 28.2 Å². The number of likely N-dealkylation sites (N-methyl/N-ethyl adjacent to an activating group) is 1. The van der Waals surface area contributed by atoms with Crippen LogP contribution in [0.4, 0.5) is 5.69 Å². The first-order valence-corrected chi connectivity index (χ1v) is 8.22. The quantitative estimate of drug-likeness (QED) is 0.878. The number of rotatable bonds is 5. The van der Waals surface area contributed by atoms with E-state index in [1.165, 1.54) is 0 Å². The number of nitrogens with zero attached hydrogens (tertiary/aromatic N) is 3. The van der Waals surface area contributed by atoms with Crippen LogP contribution in [0.25, 0.3) is 0 Å². The van der Waals surface area contributed by atoms with Crippen molar-refractivity contribution in [2.24, 2.45) is 0 Å². The molecule has 3 rings (SSSR count). The Balaban J connectivity index is 1.76. The van der Waals surface area contributed by atoms with Gasteiger partial charge in [0.2, 0.25) is 5.91 Å². The molecule has 132 valence electrons. The highest BCUT2D eigenvalue weighted by molar-refractivity contribution is 6.33. The fraction of sp³-hybridized carbons (Fsp3) is 0.353. The lowest BCUT2D eigenvalue weighted by Crippen LogP contribution is -2.39. The van der Waals surface area contributed by atoms with Gasteiger partial charge in [-0.25, -0.2) is 4.79 Å². The number of aromatic carboxylic acids is 1. The van der Waals surface area contributed by atoms with Crippen molar-refractivity contribution in [1.29, 1.82) is 0 Å². The molecular formula is C17H18ClN3O4. The summed E-state index contributed by atoms with van der Waals surface area (Å²) in [6.45, 7) is 2.33. The lowest BCUT2D eigenvalue weighted by molar-refractivity contribution is -0.121. The van der Waals surface area contributed by atoms with Crippen LogP contribution in [0.15, 0.2) is 28.8 Å². The van der Waals surface area contributed by atoms with Crippen LogP contribution < -0.4 is 4.90 Å². The Morgan fingerprint density at radius 3 is 2.88 bits per heavy atom. The first-order valence-electron chi connectivity index (χ1n) is 7.84. The molecule has 1 saturated heterocycles. The molecule has 8 heteroatoms. The van der Waals surface area contributed by atoms with Crippen LogP contribution in [0.2, 0.25) is 5.02 Å². The number of carboxylic acid groups (broad SMARTS) is 1. The van der Waals surface area contributed by atoms with E-state index in [2.05, 4.69) is 5.16 Å². The molecular weight excluding hydrogens is 346 g/mol. The number of carboxylic acids is 1. The van der Waals surface area contributed by atoms with Gasteiger partial charge in [0.25, 0.3) is 0 Å². The van der Waals surface area contributed by atoms with E-state index < -0.39 is 5.97 Å². The molecule has 1 aromatic carbocycles. The highest BCUT2D eigenvalue weighted by atomic mass is 35.5. The molecule has 1 N–H and O–H groups in total. The van der Waals surface area contributed by atoms with Crippen molar-refractivity contribution >= 4 is 29.2 Å². The van der Waals surface area contributed by atoms with E-state index in [0.717, 1.165) is 0 Å². The fourth-order valence-electron chi connectivity index (χ4n) is 3.13. The first kappa shape index (κ1) is 17.4. The zero-order chi connectivity index (χ0) is 18.1. The summed E-state index contributed by atoms with van der Waals surface area (Å²) in [5.41, 5.74) is 1.06. The van der Waals surface area contributed by atoms with E-state index in [0.29, 0.717) is 29.4 Å². The molecule has 1 atom stereocenters. The van der Waals surface area contributed by atoms with Crippen LogP contribution in [-0.4, -0.2) is 46.7 Å². The van der Waals surface area contributed by atoms with Crippen molar-refractivity contribution in [3.05, 3.63) is 46.3 Å². The zero-order valence-corrected chi connectivity index (χ0v) is 14.7. The maximum absolute atomic E-state index is 12.8. The topological polar surface area (TPSA) is 86.9 Å². The molecule has 1 amide bonds. The van der Waals surface area contributed by atoms with Gasteiger partial charge in [0, 0.05) is 13.1 Å². The molecule has 1 aliphatic rings. The summed E-state index contributed by atoms with van der Waals surface area (Å²) in [5.74, 6) is -0.892. The van der Waals surface area contributed by atoms with Crippen molar-refractivity contribution in [3.8, 4) is 0 Å². The molecule has 1 fully saturated rings. The van der Waals surface area contributed by atoms with Crippen molar-refractivity contribution in [2.75, 3.05) is 18.5 Å². The summed E-state index contributed by atoms with van der Waals surface area (Å²) in [6.07, 6.45) is 0.625. The Morgan fingerprint density at radius 1 is 1.48 bits per heavy atom. The number of hydrogen-bond donors (Lipinski definition) is 1. The van der Waals surface area contributed by atoms with Crippen molar-refractivity contribution in [2.45, 2.75) is 25.9 Å². The summed E-state index contributed by atoms with van der Waals surface area (Å²) < 4.78 is 4.98. The number of benzene rings is 1. The molecule has 0 aliphatic carbocycles. The number of para-hydroxylation sites is 1. The Kier molecular flexibility index (Phi) is 4.78. The molecule has 0 spiro atoms. The van der Waals surface area contributed by atoms with Crippen molar-refractivity contribution in [3.63, 3.8) is 0 Å². The van der Waals surface area contributed by atoms with Gasteiger partial charge in [-0.2, -0.15) is 0 Å². The Hall–Kier alpha value is -2.38. The molecule has 0 radical (unpaired) electrons. The summed E-state index contributed by atoms with van der Waals surface area (Å²) in [5, 5.41) is 13.6. The SMILES string of the molecule is Cc1onc(CN(C)C2CCN(c3ccccc3Cl)C2=O)c1C(=O)O. The number of aromatic nitrogens is 1. The van der Waals surface area contributed by atoms with E-state index >= 15 is 0 Å². The second-order valence-electron chi connectivity index (χ2n) is 6.03. The monoisotopic (exact) mass is 363 g/mol. The Bertz CT molecular complexity index is 820. The third-order valence-electron chi connectivity index (χ3n) is 4.40. The van der Waals surface area contributed by atoms with Gasteiger partial charge >= 0.3 is 5.97 Å². The number of amides is 1. The number of aryl methyl sites for hydroxylation is 1. The van der Waals surface area contributed by atoms with Crippen molar-refractivity contribution in [1.82, 2.24) is 10.1 Å². The maximum atomic E-state index is 12.8. The number of hydrogen-bond acceptors (Lipinski definition) is 5. The molecule has 0 bridgehead atoms. The van der Waals surface area contributed by atoms with Gasteiger partial charge in [-0.1, -0.05) is 28.9 Å². The normalized spacial score (nSPS) is 17.5. The van der Waals surface area contributed by atoms with E-state index in [1.807, 2.05) is 18.2 Å². The van der Waals surface area contributed by atoms with Crippen molar-refractivity contribution < 1.29 is 19.2 Å². The molecule has 1 aliphatic heterocycles. The summed E-state index contributed by atoms with van der Waals surface area (Å²) >= 11 is 6.19. The number of anilines is 1. The molecule has 2 aromatic rings. The third kappa shape index (κ3) is 3.25. The molecule has 7 nitrogen and oxygen atoms in total. The van der Waals surface area contributed by atoms with E-state index in [4.69, 9.17) is 16.1 Å². The van der Waals surface area contributed by atoms with Crippen LogP contribution in [0, 0.1) is 6.92 Å². The minimum Gasteiger partial charge on any atom is -0.477 e. The van der Waals surface area contributed by atoms with Gasteiger partial charge in [-0.3, -0.25) is 9.69 Å². The van der Waals surface area contributed by atoms with Crippen LogP contribution in [0.3, 0.4) is 0 Å². The Labute approximate surface area is 149 Å². The average Bonchev–Trinajstić information content (AvgIpc) is 3.11. The molecule has 25 heavy (non-hydrogen) atoms. The van der Waals surface area contributed by atoms with Gasteiger partial charge in [0.15, 0.2) is 0 Å². The van der Waals surface area contributed by atoms with Gasteiger partial charge in [-0.05, 0) is 32.5 Å². The predicted octanol–water partition coefficient (Wildman–Crippen LogP) is 2.57. The molecule has 2 heterocycles. The number of carbonyl (C=O) groups is 2. The smallest absolute Gasteiger partial charge is 0.341 e. The maximum Gasteiger partial charge on any atom is 0.341 e. The van der Waals surface area contributed by atoms with Gasteiger partial charge in [0.1, 0.15) is 17.0 Å². The van der Waals surface area contributed by atoms with Gasteiger partial charge in [-0.15, -0.1) is 0 Å². The molecule has 0 saturated carbocycles. The standard InChI is InChI=1S/C17H18ClN3O4/c1-10-15(17(23)24)12(19-25-10)9-20(2)14-7-8-21(16(14)22)13-6-4-3-5-11(13)18/h3-6,14H,7-9H2,1-2H3,(H,23,24). The Morgan fingerprint density at radius 2 is 2.20 bits per heavy atom. The zero-order valence-electron chi connectivity index (χ0n) is 13.9. The average molecular weight is 364 g/mol. The molecule has 1 aromatic heterocycles. The van der Waals surface area contributed by atoms with Gasteiger partial charge < -0.3 is 14.5 Å². The predicted molar refractivity (Wildman–Crippen MR) is 91.9 cm³/mol. The number of halogens is 1. The fourth-order valence-corrected chi connectivity index (χ4v) is 3.37. The minimum absolute atomic E-state index is 0.0558. The third-order valence-corrected chi connectivity index (χ3v) is 4.72. The van der Waals surface area contributed by atoms with E-state index in [1.54, 1.807) is 29.8 Å². The van der Waals surface area contributed by atoms with Gasteiger partial charge in [0.05, 0.1) is 16.8 Å². The lowest BCUT2D eigenvalue weighted by Gasteiger charge is -2.23. The lowest BCUT2D eigenvalue weighted by atomic mass is 10.1. The minimum atomic E-state index is -1.09. The molecule has 1 unspecified atom stereocenters. The summed E-state index contributed by atoms with van der Waals surface area (Å²) in [7, 11) is 1.77. The highest BCUT2D eigenvalue weighted by Gasteiger charge is 2.36. The van der Waals surface area contributed by atoms with E-state index in [-0.39, 0.29) is 29.8 Å². The highest BCUT2D eigenvalue weighted by Crippen LogP contribution is 2.30. The first-order chi connectivity index (χ1) is 11.9. The van der Waals surface area contributed by atoms with E-state index in [9.17, 15) is 14.7 Å². The second kappa shape index (κ2) is 6.85. The number of carbonyl (C=O) groups excluding carboxylic acids is 1.